The van der Waals surface area contributed by atoms with Crippen LogP contribution in [0.3, 0.4) is 0 Å². The first kappa shape index (κ1) is 14.4. The number of benzene rings is 1. The van der Waals surface area contributed by atoms with Gasteiger partial charge in [-0.3, -0.25) is 4.90 Å². The fraction of sp³-hybridized carbons (Fsp3) is 0.625. The summed E-state index contributed by atoms with van der Waals surface area (Å²) in [4.78, 5) is 2.38. The van der Waals surface area contributed by atoms with Crippen molar-refractivity contribution in [3.8, 4) is 5.75 Å². The van der Waals surface area contributed by atoms with Crippen molar-refractivity contribution in [2.75, 3.05) is 26.3 Å². The molecule has 3 nitrogen and oxygen atoms in total. The highest BCUT2D eigenvalue weighted by Crippen LogP contribution is 2.20. The Hall–Kier alpha value is -1.06. The Balaban J connectivity index is 1.73. The molecule has 1 aromatic rings. The fourth-order valence-electron chi connectivity index (χ4n) is 2.71. The number of nitrogens with zero attached hydrogens (tertiary/aromatic N) is 1. The van der Waals surface area contributed by atoms with Gasteiger partial charge < -0.3 is 9.84 Å². The van der Waals surface area contributed by atoms with Gasteiger partial charge in [0.1, 0.15) is 5.75 Å². The summed E-state index contributed by atoms with van der Waals surface area (Å²) in [6.45, 7) is 7.35. The van der Waals surface area contributed by atoms with Crippen molar-refractivity contribution in [2.24, 2.45) is 0 Å². The van der Waals surface area contributed by atoms with Crippen LogP contribution in [0, 0.1) is 13.8 Å². The number of hydrogen-bond acceptors (Lipinski definition) is 3. The van der Waals surface area contributed by atoms with Gasteiger partial charge in [0.05, 0.1) is 13.2 Å². The van der Waals surface area contributed by atoms with Crippen molar-refractivity contribution in [1.29, 1.82) is 0 Å². The third kappa shape index (κ3) is 3.95. The average molecular weight is 263 g/mol. The molecule has 0 amide bonds. The Bertz CT molecular complexity index is 406. The van der Waals surface area contributed by atoms with Gasteiger partial charge in [0, 0.05) is 12.6 Å². The first-order valence-corrected chi connectivity index (χ1v) is 7.25. The van der Waals surface area contributed by atoms with Gasteiger partial charge in [-0.1, -0.05) is 12.1 Å². The van der Waals surface area contributed by atoms with Crippen LogP contribution in [0.25, 0.3) is 0 Å². The molecule has 2 rings (SSSR count). The SMILES string of the molecule is Cc1ccc(C)c(OCCCN2CCCC2CO)c1. The van der Waals surface area contributed by atoms with E-state index in [0.717, 1.165) is 38.3 Å². The second kappa shape index (κ2) is 6.92. The van der Waals surface area contributed by atoms with Crippen LogP contribution < -0.4 is 4.74 Å². The predicted molar refractivity (Wildman–Crippen MR) is 77.7 cm³/mol. The van der Waals surface area contributed by atoms with Gasteiger partial charge in [-0.25, -0.2) is 0 Å². The Morgan fingerprint density at radius 1 is 1.37 bits per heavy atom. The molecule has 1 N–H and O–H groups in total. The zero-order chi connectivity index (χ0) is 13.7. The summed E-state index contributed by atoms with van der Waals surface area (Å²) in [5.41, 5.74) is 2.43. The smallest absolute Gasteiger partial charge is 0.122 e. The largest absolute Gasteiger partial charge is 0.493 e. The molecule has 19 heavy (non-hydrogen) atoms. The third-order valence-electron chi connectivity index (χ3n) is 3.90. The van der Waals surface area contributed by atoms with Gasteiger partial charge in [0.25, 0.3) is 0 Å². The summed E-state index contributed by atoms with van der Waals surface area (Å²) in [6.07, 6.45) is 3.36. The van der Waals surface area contributed by atoms with Gasteiger partial charge in [0.15, 0.2) is 0 Å². The van der Waals surface area contributed by atoms with Crippen LogP contribution in [0.2, 0.25) is 0 Å². The van der Waals surface area contributed by atoms with Crippen LogP contribution in [0.4, 0.5) is 0 Å². The minimum Gasteiger partial charge on any atom is -0.493 e. The van der Waals surface area contributed by atoms with E-state index >= 15 is 0 Å². The molecule has 0 radical (unpaired) electrons. The maximum absolute atomic E-state index is 9.26. The van der Waals surface area contributed by atoms with E-state index in [1.54, 1.807) is 0 Å². The van der Waals surface area contributed by atoms with Crippen LogP contribution in [-0.4, -0.2) is 42.4 Å². The van der Waals surface area contributed by atoms with Gasteiger partial charge in [0.2, 0.25) is 0 Å². The number of likely N-dealkylation sites (tertiary alicyclic amines) is 1. The second-order valence-corrected chi connectivity index (χ2v) is 5.49. The van der Waals surface area contributed by atoms with E-state index in [-0.39, 0.29) is 6.61 Å². The first-order chi connectivity index (χ1) is 9.20. The van der Waals surface area contributed by atoms with Crippen LogP contribution in [0.5, 0.6) is 5.75 Å². The van der Waals surface area contributed by atoms with E-state index in [9.17, 15) is 5.11 Å². The zero-order valence-corrected chi connectivity index (χ0v) is 12.1. The molecule has 0 spiro atoms. The van der Waals surface area contributed by atoms with Gasteiger partial charge in [-0.15, -0.1) is 0 Å². The quantitative estimate of drug-likeness (QED) is 0.801. The predicted octanol–water partition coefficient (Wildman–Crippen LogP) is 2.53. The number of aliphatic hydroxyl groups excluding tert-OH is 1. The summed E-state index contributed by atoms with van der Waals surface area (Å²) in [7, 11) is 0. The van der Waals surface area contributed by atoms with E-state index < -0.39 is 0 Å². The number of ether oxygens (including phenoxy) is 1. The van der Waals surface area contributed by atoms with Crippen LogP contribution in [-0.2, 0) is 0 Å². The second-order valence-electron chi connectivity index (χ2n) is 5.49. The third-order valence-corrected chi connectivity index (χ3v) is 3.90. The molecular weight excluding hydrogens is 238 g/mol. The maximum atomic E-state index is 9.26. The highest BCUT2D eigenvalue weighted by molar-refractivity contribution is 5.35. The van der Waals surface area contributed by atoms with E-state index in [0.29, 0.717) is 6.04 Å². The lowest BCUT2D eigenvalue weighted by Crippen LogP contribution is -2.33. The highest BCUT2D eigenvalue weighted by Gasteiger charge is 2.22. The summed E-state index contributed by atoms with van der Waals surface area (Å²) < 4.78 is 5.86. The van der Waals surface area contributed by atoms with Gasteiger partial charge in [-0.2, -0.15) is 0 Å². The van der Waals surface area contributed by atoms with E-state index in [1.165, 1.54) is 17.5 Å². The minimum atomic E-state index is 0.290. The lowest BCUT2D eigenvalue weighted by atomic mass is 10.1. The summed E-state index contributed by atoms with van der Waals surface area (Å²) in [6, 6.07) is 6.69. The molecule has 1 saturated heterocycles. The number of rotatable bonds is 6. The summed E-state index contributed by atoms with van der Waals surface area (Å²) in [5.74, 6) is 1.00. The first-order valence-electron chi connectivity index (χ1n) is 7.25. The van der Waals surface area contributed by atoms with Crippen molar-refractivity contribution in [3.63, 3.8) is 0 Å². The minimum absolute atomic E-state index is 0.290. The van der Waals surface area contributed by atoms with E-state index in [2.05, 4.69) is 36.9 Å². The number of hydrogen-bond donors (Lipinski definition) is 1. The molecule has 1 unspecified atom stereocenters. The van der Waals surface area contributed by atoms with Gasteiger partial charge >= 0.3 is 0 Å². The lowest BCUT2D eigenvalue weighted by Gasteiger charge is -2.22. The van der Waals surface area contributed by atoms with Crippen molar-refractivity contribution in [3.05, 3.63) is 29.3 Å². The topological polar surface area (TPSA) is 32.7 Å². The molecule has 3 heteroatoms. The van der Waals surface area contributed by atoms with Crippen LogP contribution >= 0.6 is 0 Å². The standard InChI is InChI=1S/C16H25NO2/c1-13-6-7-14(2)16(11-13)19-10-4-9-17-8-3-5-15(17)12-18/h6-7,11,15,18H,3-5,8-10,12H2,1-2H3. The van der Waals surface area contributed by atoms with Crippen LogP contribution in [0.15, 0.2) is 18.2 Å². The number of aliphatic hydroxyl groups is 1. The molecule has 1 aliphatic heterocycles. The van der Waals surface area contributed by atoms with Gasteiger partial charge in [-0.05, 0) is 56.8 Å². The summed E-state index contributed by atoms with van der Waals surface area (Å²) in [5, 5.41) is 9.26. The molecule has 1 fully saturated rings. The molecule has 1 atom stereocenters. The van der Waals surface area contributed by atoms with E-state index in [1.807, 2.05) is 0 Å². The molecule has 1 aliphatic rings. The highest BCUT2D eigenvalue weighted by atomic mass is 16.5. The lowest BCUT2D eigenvalue weighted by molar-refractivity contribution is 0.150. The molecule has 0 saturated carbocycles. The Morgan fingerprint density at radius 3 is 3.00 bits per heavy atom. The maximum Gasteiger partial charge on any atom is 0.122 e. The van der Waals surface area contributed by atoms with Crippen molar-refractivity contribution in [1.82, 2.24) is 4.90 Å². The molecular formula is C16H25NO2. The monoisotopic (exact) mass is 263 g/mol. The molecule has 1 heterocycles. The van der Waals surface area contributed by atoms with Crippen molar-refractivity contribution >= 4 is 0 Å². The van der Waals surface area contributed by atoms with Crippen molar-refractivity contribution < 1.29 is 9.84 Å². The Kier molecular flexibility index (Phi) is 5.23. The summed E-state index contributed by atoms with van der Waals surface area (Å²) >= 11 is 0. The van der Waals surface area contributed by atoms with Crippen molar-refractivity contribution in [2.45, 2.75) is 39.2 Å². The van der Waals surface area contributed by atoms with E-state index in [4.69, 9.17) is 4.74 Å². The molecule has 1 aromatic carbocycles. The fourth-order valence-corrected chi connectivity index (χ4v) is 2.71. The normalized spacial score (nSPS) is 19.8. The molecule has 0 aliphatic carbocycles. The molecule has 0 aromatic heterocycles. The molecule has 106 valence electrons. The van der Waals surface area contributed by atoms with Crippen LogP contribution in [0.1, 0.15) is 30.4 Å². The Morgan fingerprint density at radius 2 is 2.21 bits per heavy atom. The number of aryl methyl sites for hydroxylation is 2. The average Bonchev–Trinajstić information content (AvgIpc) is 2.86. The zero-order valence-electron chi connectivity index (χ0n) is 12.1. The molecule has 0 bridgehead atoms. The Labute approximate surface area is 116 Å².